The van der Waals surface area contributed by atoms with Crippen LogP contribution >= 0.6 is 0 Å². The maximum Gasteiger partial charge on any atom is 0.263 e. The molecule has 0 aliphatic carbocycles. The van der Waals surface area contributed by atoms with Gasteiger partial charge < -0.3 is 34.3 Å². The number of pyridine rings is 2. The fraction of sp³-hybridized carbons (Fsp3) is 0.452. The zero-order valence-electron chi connectivity index (χ0n) is 25.9. The first-order chi connectivity index (χ1) is 20.0. The number of amides is 1. The molecule has 1 aliphatic heterocycles. The second-order valence-electron chi connectivity index (χ2n) is 12.0. The van der Waals surface area contributed by atoms with Crippen LogP contribution < -0.4 is 25.0 Å². The number of carbonyl (C=O) groups is 1. The van der Waals surface area contributed by atoms with Crippen LogP contribution in [0.1, 0.15) is 31.1 Å². The van der Waals surface area contributed by atoms with E-state index in [1.807, 2.05) is 24.3 Å². The van der Waals surface area contributed by atoms with E-state index in [4.69, 9.17) is 13.9 Å². The first-order valence-corrected chi connectivity index (χ1v) is 17.2. The highest BCUT2D eigenvalue weighted by Crippen LogP contribution is 2.37. The molecule has 2 N–H and O–H groups in total. The van der Waals surface area contributed by atoms with Crippen molar-refractivity contribution >= 4 is 37.0 Å². The molecule has 10 nitrogen and oxygen atoms in total. The van der Waals surface area contributed by atoms with E-state index in [-0.39, 0.29) is 22.4 Å². The SMILES string of the molecule is COc1nccc(Nc2cnccc2OCCO[Si](C)(C)C(C)(C)C)c1C(=O)Nc1ccc(N2CCN(C)CC2)cc1. The zero-order valence-corrected chi connectivity index (χ0v) is 26.9. The van der Waals surface area contributed by atoms with Gasteiger partial charge in [0.15, 0.2) is 8.32 Å². The van der Waals surface area contributed by atoms with Crippen molar-refractivity contribution in [1.82, 2.24) is 14.9 Å². The smallest absolute Gasteiger partial charge is 0.263 e. The van der Waals surface area contributed by atoms with Gasteiger partial charge in [-0.25, -0.2) is 4.98 Å². The lowest BCUT2D eigenvalue weighted by atomic mass is 10.1. The fourth-order valence-electron chi connectivity index (χ4n) is 4.35. The second kappa shape index (κ2) is 13.5. The Labute approximate surface area is 250 Å². The Morgan fingerprint density at radius 3 is 2.36 bits per heavy atom. The lowest BCUT2D eigenvalue weighted by Gasteiger charge is -2.36. The summed E-state index contributed by atoms with van der Waals surface area (Å²) in [5.74, 6) is 0.468. The van der Waals surface area contributed by atoms with Crippen LogP contribution in [0.15, 0.2) is 55.0 Å². The number of carbonyl (C=O) groups excluding carboxylic acids is 1. The van der Waals surface area contributed by atoms with E-state index in [0.717, 1.165) is 31.9 Å². The van der Waals surface area contributed by atoms with Gasteiger partial charge in [-0.2, -0.15) is 0 Å². The average Bonchev–Trinajstić information content (AvgIpc) is 2.96. The molecule has 0 bridgehead atoms. The van der Waals surface area contributed by atoms with Gasteiger partial charge in [-0.15, -0.1) is 0 Å². The molecule has 0 saturated carbocycles. The van der Waals surface area contributed by atoms with E-state index < -0.39 is 8.32 Å². The van der Waals surface area contributed by atoms with Crippen LogP contribution in [0.5, 0.6) is 11.6 Å². The predicted molar refractivity (Wildman–Crippen MR) is 171 cm³/mol. The van der Waals surface area contributed by atoms with Crippen molar-refractivity contribution in [2.24, 2.45) is 0 Å². The Morgan fingerprint density at radius 1 is 0.976 bits per heavy atom. The van der Waals surface area contributed by atoms with Crippen LogP contribution in [0.2, 0.25) is 18.1 Å². The van der Waals surface area contributed by atoms with E-state index in [1.54, 1.807) is 30.7 Å². The van der Waals surface area contributed by atoms with Crippen molar-refractivity contribution in [3.63, 3.8) is 0 Å². The van der Waals surface area contributed by atoms with Gasteiger partial charge in [0.1, 0.15) is 17.9 Å². The molecule has 1 aromatic carbocycles. The van der Waals surface area contributed by atoms with Crippen LogP contribution in [0.25, 0.3) is 0 Å². The summed E-state index contributed by atoms with van der Waals surface area (Å²) in [5, 5.41) is 6.43. The predicted octanol–water partition coefficient (Wildman–Crippen LogP) is 5.63. The van der Waals surface area contributed by atoms with Crippen LogP contribution in [0, 0.1) is 0 Å². The highest BCUT2D eigenvalue weighted by Gasteiger charge is 2.37. The number of piperazine rings is 1. The first kappa shape index (κ1) is 31.3. The van der Waals surface area contributed by atoms with Gasteiger partial charge in [0.25, 0.3) is 5.91 Å². The third-order valence-electron chi connectivity index (χ3n) is 7.99. The highest BCUT2D eigenvalue weighted by molar-refractivity contribution is 6.74. The number of hydrogen-bond donors (Lipinski definition) is 2. The van der Waals surface area contributed by atoms with E-state index in [1.165, 1.54) is 7.11 Å². The number of benzene rings is 1. The number of aromatic nitrogens is 2. The van der Waals surface area contributed by atoms with E-state index >= 15 is 0 Å². The summed E-state index contributed by atoms with van der Waals surface area (Å²) in [7, 11) is 1.76. The van der Waals surface area contributed by atoms with Crippen molar-refractivity contribution in [3.05, 3.63) is 60.6 Å². The Bertz CT molecular complexity index is 1340. The van der Waals surface area contributed by atoms with Gasteiger partial charge in [0, 0.05) is 56.0 Å². The molecule has 42 heavy (non-hydrogen) atoms. The first-order valence-electron chi connectivity index (χ1n) is 14.3. The molecule has 0 unspecified atom stereocenters. The Morgan fingerprint density at radius 2 is 1.69 bits per heavy atom. The van der Waals surface area contributed by atoms with E-state index in [0.29, 0.717) is 36.0 Å². The number of likely N-dealkylation sites (N-methyl/N-ethyl adjacent to an activating group) is 1. The number of nitrogens with one attached hydrogen (secondary N) is 2. The van der Waals surface area contributed by atoms with Crippen LogP contribution in [-0.2, 0) is 4.43 Å². The molecule has 0 spiro atoms. The van der Waals surface area contributed by atoms with Gasteiger partial charge >= 0.3 is 0 Å². The number of nitrogens with zero attached hydrogens (tertiary/aromatic N) is 4. The summed E-state index contributed by atoms with van der Waals surface area (Å²) < 4.78 is 17.8. The van der Waals surface area contributed by atoms with Crippen molar-refractivity contribution in [2.75, 3.05) is 69.1 Å². The van der Waals surface area contributed by atoms with Crippen LogP contribution in [0.4, 0.5) is 22.7 Å². The molecule has 2 aromatic heterocycles. The summed E-state index contributed by atoms with van der Waals surface area (Å²) >= 11 is 0. The average molecular weight is 593 g/mol. The Kier molecular flexibility index (Phi) is 10.1. The summed E-state index contributed by atoms with van der Waals surface area (Å²) in [4.78, 5) is 26.8. The molecule has 4 rings (SSSR count). The standard InChI is InChI=1S/C31H44N6O4Si/c1-31(2,3)42(6,7)41-21-20-40-27-13-14-32-22-26(27)35-25-12-15-33-30(39-5)28(25)29(38)34-23-8-10-24(11-9-23)37-18-16-36(4)17-19-37/h8-15,22H,16-21H2,1-7H3,(H,33,35)(H,34,38). The van der Waals surface area contributed by atoms with Gasteiger partial charge in [-0.1, -0.05) is 20.8 Å². The van der Waals surface area contributed by atoms with Crippen molar-refractivity contribution in [3.8, 4) is 11.6 Å². The van der Waals surface area contributed by atoms with Crippen molar-refractivity contribution in [1.29, 1.82) is 0 Å². The molecule has 11 heteroatoms. The normalized spacial score (nSPS) is 14.4. The Balaban J connectivity index is 1.46. The summed E-state index contributed by atoms with van der Waals surface area (Å²) in [6.45, 7) is 16.0. The van der Waals surface area contributed by atoms with Crippen LogP contribution in [-0.4, -0.2) is 82.6 Å². The third kappa shape index (κ3) is 7.78. The molecule has 0 atom stereocenters. The van der Waals surface area contributed by atoms with Crippen molar-refractivity contribution in [2.45, 2.75) is 38.9 Å². The lowest BCUT2D eigenvalue weighted by Crippen LogP contribution is -2.44. The summed E-state index contributed by atoms with van der Waals surface area (Å²) in [6, 6.07) is 11.4. The highest BCUT2D eigenvalue weighted by atomic mass is 28.4. The minimum atomic E-state index is -1.87. The molecule has 1 aliphatic rings. The molecular formula is C31H44N6O4Si. The summed E-state index contributed by atoms with van der Waals surface area (Å²) in [6.07, 6.45) is 4.92. The molecule has 1 fully saturated rings. The maximum atomic E-state index is 13.6. The quantitative estimate of drug-likeness (QED) is 0.217. The van der Waals surface area contributed by atoms with E-state index in [2.05, 4.69) is 71.3 Å². The number of hydrogen-bond acceptors (Lipinski definition) is 9. The molecule has 3 aromatic rings. The molecule has 0 radical (unpaired) electrons. The number of anilines is 4. The van der Waals surface area contributed by atoms with Gasteiger partial charge in [0.2, 0.25) is 5.88 Å². The van der Waals surface area contributed by atoms with Crippen LogP contribution in [0.3, 0.4) is 0 Å². The van der Waals surface area contributed by atoms with Gasteiger partial charge in [-0.05, 0) is 55.5 Å². The lowest BCUT2D eigenvalue weighted by molar-refractivity contribution is 0.102. The Hall–Kier alpha value is -3.67. The fourth-order valence-corrected chi connectivity index (χ4v) is 5.37. The number of rotatable bonds is 11. The molecular weight excluding hydrogens is 548 g/mol. The topological polar surface area (TPSA) is 101 Å². The monoisotopic (exact) mass is 592 g/mol. The second-order valence-corrected chi connectivity index (χ2v) is 16.8. The maximum absolute atomic E-state index is 13.6. The largest absolute Gasteiger partial charge is 0.489 e. The minimum absolute atomic E-state index is 0.125. The molecule has 3 heterocycles. The van der Waals surface area contributed by atoms with E-state index in [9.17, 15) is 4.79 Å². The summed E-state index contributed by atoms with van der Waals surface area (Å²) in [5.41, 5.74) is 3.23. The number of methoxy groups -OCH3 is 1. The minimum Gasteiger partial charge on any atom is -0.489 e. The third-order valence-corrected chi connectivity index (χ3v) is 12.5. The van der Waals surface area contributed by atoms with Gasteiger partial charge in [-0.3, -0.25) is 9.78 Å². The van der Waals surface area contributed by atoms with Gasteiger partial charge in [0.05, 0.1) is 31.3 Å². The zero-order chi connectivity index (χ0) is 30.3. The number of ether oxygens (including phenoxy) is 2. The van der Waals surface area contributed by atoms with Crippen molar-refractivity contribution < 1.29 is 18.7 Å². The molecule has 1 saturated heterocycles. The molecule has 226 valence electrons. The molecule has 1 amide bonds.